The Morgan fingerprint density at radius 1 is 0.744 bits per heavy atom. The van der Waals surface area contributed by atoms with Gasteiger partial charge in [-0.05, 0) is 23.6 Å². The summed E-state index contributed by atoms with van der Waals surface area (Å²) >= 11 is 0. The average Bonchev–Trinajstić information content (AvgIpc) is 2.95. The molecule has 0 saturated carbocycles. The highest BCUT2D eigenvalue weighted by Gasteiger charge is 2.60. The Labute approximate surface area is 228 Å². The summed E-state index contributed by atoms with van der Waals surface area (Å²) < 4.78 is 24.6. The number of benzene rings is 3. The van der Waals surface area contributed by atoms with Crippen molar-refractivity contribution in [1.82, 2.24) is 0 Å². The van der Waals surface area contributed by atoms with Gasteiger partial charge in [0.15, 0.2) is 11.6 Å². The fourth-order valence-electron chi connectivity index (χ4n) is 4.56. The second-order valence-corrected chi connectivity index (χ2v) is 9.63. The van der Waals surface area contributed by atoms with Crippen LogP contribution in [0.4, 0.5) is 0 Å². The van der Waals surface area contributed by atoms with Gasteiger partial charge in [0.05, 0.1) is 19.8 Å². The molecule has 8 heteroatoms. The van der Waals surface area contributed by atoms with Gasteiger partial charge in [0, 0.05) is 6.92 Å². The van der Waals surface area contributed by atoms with E-state index in [9.17, 15) is 19.8 Å². The lowest BCUT2D eigenvalue weighted by Crippen LogP contribution is -2.71. The molecule has 0 radical (unpaired) electrons. The molecule has 0 aliphatic carbocycles. The number of aliphatic hydroxyl groups is 2. The third-order valence-electron chi connectivity index (χ3n) is 6.72. The van der Waals surface area contributed by atoms with E-state index in [-0.39, 0.29) is 19.8 Å². The molecule has 0 aromatic heterocycles. The molecule has 2 unspecified atom stereocenters. The van der Waals surface area contributed by atoms with Crippen LogP contribution in [0.3, 0.4) is 0 Å². The molecule has 2 N–H and O–H groups in total. The zero-order valence-electron chi connectivity index (χ0n) is 22.0. The number of hydrogen-bond donors (Lipinski definition) is 2. The van der Waals surface area contributed by atoms with Gasteiger partial charge in [0.2, 0.25) is 0 Å². The van der Waals surface area contributed by atoms with Crippen molar-refractivity contribution in [2.24, 2.45) is 0 Å². The summed E-state index contributed by atoms with van der Waals surface area (Å²) in [6, 6.07) is 28.0. The molecule has 0 bridgehead atoms. The second-order valence-electron chi connectivity index (χ2n) is 9.63. The van der Waals surface area contributed by atoms with Crippen molar-refractivity contribution in [2.45, 2.75) is 70.0 Å². The molecule has 1 aliphatic heterocycles. The van der Waals surface area contributed by atoms with Gasteiger partial charge < -0.3 is 29.2 Å². The van der Waals surface area contributed by atoms with Crippen molar-refractivity contribution in [2.75, 3.05) is 0 Å². The van der Waals surface area contributed by atoms with Crippen LogP contribution < -0.4 is 0 Å². The zero-order chi connectivity index (χ0) is 27.8. The molecular weight excluding hydrogens is 500 g/mol. The van der Waals surface area contributed by atoms with E-state index >= 15 is 0 Å². The fraction of sp³-hybridized carbons (Fsp3) is 0.355. The molecule has 1 heterocycles. The van der Waals surface area contributed by atoms with Crippen LogP contribution in [-0.4, -0.2) is 58.1 Å². The number of Topliss-reactive ketones (excluding diaryl/α,β-unsaturated/α-hetero) is 2. The van der Waals surface area contributed by atoms with E-state index in [1.165, 1.54) is 6.92 Å². The van der Waals surface area contributed by atoms with Gasteiger partial charge in [-0.25, -0.2) is 0 Å². The molecule has 8 nitrogen and oxygen atoms in total. The minimum absolute atomic E-state index is 0.0426. The Morgan fingerprint density at radius 3 is 1.56 bits per heavy atom. The number of carbonyl (C=O) groups excluding carboxylic acids is 2. The highest BCUT2D eigenvalue weighted by atomic mass is 16.7. The summed E-state index contributed by atoms with van der Waals surface area (Å²) in [6.07, 6.45) is -6.60. The Balaban J connectivity index is 1.72. The van der Waals surface area contributed by atoms with Gasteiger partial charge in [-0.2, -0.15) is 0 Å². The van der Waals surface area contributed by atoms with E-state index < -0.39 is 47.9 Å². The maximum Gasteiger partial charge on any atom is 0.256 e. The van der Waals surface area contributed by atoms with Crippen LogP contribution in [-0.2, 0) is 48.4 Å². The monoisotopic (exact) mass is 534 g/mol. The Kier molecular flexibility index (Phi) is 9.74. The largest absolute Gasteiger partial charge is 0.382 e. The van der Waals surface area contributed by atoms with Gasteiger partial charge in [-0.3, -0.25) is 9.59 Å². The lowest BCUT2D eigenvalue weighted by molar-refractivity contribution is -0.356. The fourth-order valence-corrected chi connectivity index (χ4v) is 4.56. The summed E-state index contributed by atoms with van der Waals surface area (Å²) in [4.78, 5) is 25.2. The molecule has 0 spiro atoms. The Hall–Kier alpha value is -3.24. The van der Waals surface area contributed by atoms with Crippen LogP contribution in [0.5, 0.6) is 0 Å². The first-order valence-corrected chi connectivity index (χ1v) is 12.9. The maximum absolute atomic E-state index is 12.9. The van der Waals surface area contributed by atoms with Crippen LogP contribution in [0.15, 0.2) is 91.0 Å². The SMILES string of the molecule is CC(=O)C(O)[C@H]1OC(O)(C(C)=O)[C@H](OCc2ccccc2)[C@@H](OCc2ccccc2)[C@@H]1OCc1ccccc1. The predicted octanol–water partition coefficient (Wildman–Crippen LogP) is 3.37. The van der Waals surface area contributed by atoms with Crippen LogP contribution in [0.2, 0.25) is 0 Å². The number of hydrogen-bond acceptors (Lipinski definition) is 8. The third kappa shape index (κ3) is 7.05. The lowest BCUT2D eigenvalue weighted by Gasteiger charge is -2.50. The normalized spacial score (nSPS) is 25.6. The van der Waals surface area contributed by atoms with Crippen molar-refractivity contribution in [3.63, 3.8) is 0 Å². The smallest absolute Gasteiger partial charge is 0.256 e. The molecule has 1 saturated heterocycles. The second kappa shape index (κ2) is 13.2. The summed E-state index contributed by atoms with van der Waals surface area (Å²) in [5.41, 5.74) is 2.48. The summed E-state index contributed by atoms with van der Waals surface area (Å²) in [6.45, 7) is 2.60. The minimum Gasteiger partial charge on any atom is -0.382 e. The molecule has 3 aromatic carbocycles. The summed E-state index contributed by atoms with van der Waals surface area (Å²) in [5.74, 6) is -3.87. The van der Waals surface area contributed by atoms with Crippen molar-refractivity contribution in [3.8, 4) is 0 Å². The standard InChI is InChI=1S/C31H34O8/c1-21(32)26(34)27-28(36-18-23-12-6-3-7-13-23)29(37-19-24-14-8-4-9-15-24)30(31(35,39-27)22(2)33)38-20-25-16-10-5-11-17-25/h3-17,26-30,34-35H,18-20H2,1-2H3/t26?,27-,28-,29+,30-,31?/m1/s1. The Morgan fingerprint density at radius 2 is 1.15 bits per heavy atom. The van der Waals surface area contributed by atoms with E-state index in [2.05, 4.69) is 0 Å². The van der Waals surface area contributed by atoms with Crippen LogP contribution in [0, 0.1) is 0 Å². The van der Waals surface area contributed by atoms with E-state index in [1.807, 2.05) is 91.0 Å². The number of rotatable bonds is 12. The third-order valence-corrected chi connectivity index (χ3v) is 6.72. The van der Waals surface area contributed by atoms with Crippen molar-refractivity contribution in [1.29, 1.82) is 0 Å². The van der Waals surface area contributed by atoms with Gasteiger partial charge in [-0.15, -0.1) is 0 Å². The Bertz CT molecular complexity index is 1200. The number of ether oxygens (including phenoxy) is 4. The molecule has 1 fully saturated rings. The van der Waals surface area contributed by atoms with E-state index in [0.717, 1.165) is 23.6 Å². The van der Waals surface area contributed by atoms with Gasteiger partial charge in [0.1, 0.15) is 30.5 Å². The molecule has 1 aliphatic rings. The summed E-state index contributed by atoms with van der Waals surface area (Å²) in [5, 5.41) is 22.5. The van der Waals surface area contributed by atoms with Crippen LogP contribution >= 0.6 is 0 Å². The molecular formula is C31H34O8. The van der Waals surface area contributed by atoms with Gasteiger partial charge in [0.25, 0.3) is 5.79 Å². The molecule has 206 valence electrons. The lowest BCUT2D eigenvalue weighted by atomic mass is 9.86. The van der Waals surface area contributed by atoms with E-state index in [4.69, 9.17) is 18.9 Å². The quantitative estimate of drug-likeness (QED) is 0.364. The number of carbonyl (C=O) groups is 2. The first-order valence-electron chi connectivity index (χ1n) is 12.9. The van der Waals surface area contributed by atoms with Crippen LogP contribution in [0.25, 0.3) is 0 Å². The molecule has 0 amide bonds. The first kappa shape index (κ1) is 28.8. The van der Waals surface area contributed by atoms with E-state index in [1.54, 1.807) is 0 Å². The highest BCUT2D eigenvalue weighted by Crippen LogP contribution is 2.37. The van der Waals surface area contributed by atoms with E-state index in [0.29, 0.717) is 0 Å². The predicted molar refractivity (Wildman–Crippen MR) is 142 cm³/mol. The first-order chi connectivity index (χ1) is 18.8. The van der Waals surface area contributed by atoms with Crippen molar-refractivity contribution >= 4 is 11.6 Å². The van der Waals surface area contributed by atoms with Gasteiger partial charge >= 0.3 is 0 Å². The minimum atomic E-state index is -2.51. The molecule has 39 heavy (non-hydrogen) atoms. The topological polar surface area (TPSA) is 112 Å². The average molecular weight is 535 g/mol. The highest BCUT2D eigenvalue weighted by molar-refractivity contribution is 5.85. The van der Waals surface area contributed by atoms with Crippen molar-refractivity contribution in [3.05, 3.63) is 108 Å². The maximum atomic E-state index is 12.9. The zero-order valence-corrected chi connectivity index (χ0v) is 22.0. The van der Waals surface area contributed by atoms with Crippen molar-refractivity contribution < 1.29 is 38.7 Å². The number of ketones is 2. The number of aliphatic hydroxyl groups excluding tert-OH is 1. The van der Waals surface area contributed by atoms with Gasteiger partial charge in [-0.1, -0.05) is 91.0 Å². The van der Waals surface area contributed by atoms with Crippen LogP contribution in [0.1, 0.15) is 30.5 Å². The molecule has 4 rings (SSSR count). The summed E-state index contributed by atoms with van der Waals surface area (Å²) in [7, 11) is 0. The molecule has 6 atom stereocenters. The molecule has 3 aromatic rings.